The van der Waals surface area contributed by atoms with E-state index in [1.165, 1.54) is 6.07 Å². The van der Waals surface area contributed by atoms with Gasteiger partial charge in [0.25, 0.3) is 0 Å². The van der Waals surface area contributed by atoms with Crippen molar-refractivity contribution in [3.63, 3.8) is 0 Å². The molecular weight excluding hydrogens is 271 g/mol. The molecule has 3 nitrogen and oxygen atoms in total. The Morgan fingerprint density at radius 2 is 1.76 bits per heavy atom. The molecular formula is C17H19FO3. The van der Waals surface area contributed by atoms with Crippen molar-refractivity contribution >= 4 is 0 Å². The molecule has 0 spiro atoms. The summed E-state index contributed by atoms with van der Waals surface area (Å²) in [6.45, 7) is 5.18. The standard InChI is InChI=1S/C17H19FO3/c1-10-5-6-15(17(7-10)20-4)21-16-8-11(2)14(18)9-13(16)12(3)19/h5-9,12,19H,1-4H3. The zero-order valence-corrected chi connectivity index (χ0v) is 12.6. The minimum Gasteiger partial charge on any atom is -0.493 e. The number of hydrogen-bond donors (Lipinski definition) is 1. The van der Waals surface area contributed by atoms with Gasteiger partial charge in [0.05, 0.1) is 13.2 Å². The van der Waals surface area contributed by atoms with E-state index in [1.54, 1.807) is 33.1 Å². The van der Waals surface area contributed by atoms with Crippen molar-refractivity contribution in [3.05, 3.63) is 52.8 Å². The highest BCUT2D eigenvalue weighted by Gasteiger charge is 2.15. The Kier molecular flexibility index (Phi) is 4.48. The van der Waals surface area contributed by atoms with Crippen LogP contribution in [-0.2, 0) is 0 Å². The maximum absolute atomic E-state index is 13.7. The molecule has 0 radical (unpaired) electrons. The van der Waals surface area contributed by atoms with Crippen LogP contribution in [0.1, 0.15) is 29.7 Å². The van der Waals surface area contributed by atoms with Crippen LogP contribution >= 0.6 is 0 Å². The zero-order valence-electron chi connectivity index (χ0n) is 12.6. The molecule has 0 aliphatic carbocycles. The van der Waals surface area contributed by atoms with Gasteiger partial charge < -0.3 is 14.6 Å². The molecule has 21 heavy (non-hydrogen) atoms. The number of methoxy groups -OCH3 is 1. The second kappa shape index (κ2) is 6.14. The van der Waals surface area contributed by atoms with E-state index in [4.69, 9.17) is 9.47 Å². The number of benzene rings is 2. The summed E-state index contributed by atoms with van der Waals surface area (Å²) in [4.78, 5) is 0. The van der Waals surface area contributed by atoms with Crippen molar-refractivity contribution in [2.24, 2.45) is 0 Å². The average molecular weight is 290 g/mol. The number of hydrogen-bond acceptors (Lipinski definition) is 3. The van der Waals surface area contributed by atoms with Crippen LogP contribution in [0.2, 0.25) is 0 Å². The molecule has 0 fully saturated rings. The van der Waals surface area contributed by atoms with Crippen LogP contribution < -0.4 is 9.47 Å². The Balaban J connectivity index is 2.46. The molecule has 112 valence electrons. The van der Waals surface area contributed by atoms with Gasteiger partial charge in [0.2, 0.25) is 0 Å². The van der Waals surface area contributed by atoms with Gasteiger partial charge in [-0.3, -0.25) is 0 Å². The minimum absolute atomic E-state index is 0.367. The number of aliphatic hydroxyl groups is 1. The first kappa shape index (κ1) is 15.3. The number of rotatable bonds is 4. The van der Waals surface area contributed by atoms with Gasteiger partial charge in [0, 0.05) is 5.56 Å². The highest BCUT2D eigenvalue weighted by atomic mass is 19.1. The van der Waals surface area contributed by atoms with Crippen molar-refractivity contribution in [2.45, 2.75) is 26.9 Å². The smallest absolute Gasteiger partial charge is 0.169 e. The van der Waals surface area contributed by atoms with Gasteiger partial charge in [-0.2, -0.15) is 0 Å². The first-order chi connectivity index (χ1) is 9.92. The molecule has 1 unspecified atom stereocenters. The number of aliphatic hydroxyl groups excluding tert-OH is 1. The normalized spacial score (nSPS) is 12.1. The molecule has 0 amide bonds. The van der Waals surface area contributed by atoms with E-state index in [1.807, 2.05) is 19.1 Å². The molecule has 0 aliphatic rings. The summed E-state index contributed by atoms with van der Waals surface area (Å²) in [5.74, 6) is 1.17. The monoisotopic (exact) mass is 290 g/mol. The molecule has 1 N–H and O–H groups in total. The van der Waals surface area contributed by atoms with E-state index in [0.29, 0.717) is 28.4 Å². The third-order valence-corrected chi connectivity index (χ3v) is 3.28. The van der Waals surface area contributed by atoms with Gasteiger partial charge >= 0.3 is 0 Å². The summed E-state index contributed by atoms with van der Waals surface area (Å²) in [7, 11) is 1.56. The highest BCUT2D eigenvalue weighted by Crippen LogP contribution is 2.36. The second-order valence-electron chi connectivity index (χ2n) is 5.07. The first-order valence-electron chi connectivity index (χ1n) is 6.73. The van der Waals surface area contributed by atoms with Crippen LogP contribution in [0.15, 0.2) is 30.3 Å². The largest absolute Gasteiger partial charge is 0.493 e. The van der Waals surface area contributed by atoms with Crippen LogP contribution in [0.5, 0.6) is 17.2 Å². The third-order valence-electron chi connectivity index (χ3n) is 3.28. The van der Waals surface area contributed by atoms with E-state index in [2.05, 4.69) is 0 Å². The molecule has 2 aromatic carbocycles. The molecule has 0 saturated heterocycles. The first-order valence-corrected chi connectivity index (χ1v) is 6.73. The maximum Gasteiger partial charge on any atom is 0.169 e. The summed E-state index contributed by atoms with van der Waals surface area (Å²) < 4.78 is 24.8. The number of aryl methyl sites for hydroxylation is 2. The van der Waals surface area contributed by atoms with Crippen molar-refractivity contribution in [2.75, 3.05) is 7.11 Å². The van der Waals surface area contributed by atoms with E-state index < -0.39 is 6.10 Å². The van der Waals surface area contributed by atoms with Crippen molar-refractivity contribution < 1.29 is 19.0 Å². The SMILES string of the molecule is COc1cc(C)ccc1Oc1cc(C)c(F)cc1C(C)O. The van der Waals surface area contributed by atoms with Crippen molar-refractivity contribution in [1.29, 1.82) is 0 Å². The molecule has 4 heteroatoms. The van der Waals surface area contributed by atoms with Gasteiger partial charge in [0.1, 0.15) is 11.6 Å². The van der Waals surface area contributed by atoms with Crippen LogP contribution in [-0.4, -0.2) is 12.2 Å². The second-order valence-corrected chi connectivity index (χ2v) is 5.07. The lowest BCUT2D eigenvalue weighted by Crippen LogP contribution is -2.00. The van der Waals surface area contributed by atoms with Crippen LogP contribution in [0.3, 0.4) is 0 Å². The highest BCUT2D eigenvalue weighted by molar-refractivity contribution is 5.48. The molecule has 0 bridgehead atoms. The molecule has 0 aromatic heterocycles. The predicted octanol–water partition coefficient (Wildman–Crippen LogP) is 4.30. The Labute approximate surface area is 124 Å². The fourth-order valence-corrected chi connectivity index (χ4v) is 2.06. The van der Waals surface area contributed by atoms with Crippen molar-refractivity contribution in [3.8, 4) is 17.2 Å². The average Bonchev–Trinajstić information content (AvgIpc) is 2.44. The van der Waals surface area contributed by atoms with Gasteiger partial charge in [0.15, 0.2) is 11.5 Å². The van der Waals surface area contributed by atoms with Crippen LogP contribution in [0.4, 0.5) is 4.39 Å². The third kappa shape index (κ3) is 3.34. The Hall–Kier alpha value is -2.07. The van der Waals surface area contributed by atoms with E-state index in [9.17, 15) is 9.50 Å². The lowest BCUT2D eigenvalue weighted by atomic mass is 10.1. The molecule has 1 atom stereocenters. The molecule has 0 saturated carbocycles. The predicted molar refractivity (Wildman–Crippen MR) is 79.6 cm³/mol. The van der Waals surface area contributed by atoms with Gasteiger partial charge in [-0.05, 0) is 56.2 Å². The Morgan fingerprint density at radius 3 is 2.38 bits per heavy atom. The van der Waals surface area contributed by atoms with Crippen LogP contribution in [0, 0.1) is 19.7 Å². The van der Waals surface area contributed by atoms with E-state index >= 15 is 0 Å². The Morgan fingerprint density at radius 1 is 1.05 bits per heavy atom. The van der Waals surface area contributed by atoms with E-state index in [0.717, 1.165) is 5.56 Å². The van der Waals surface area contributed by atoms with Crippen molar-refractivity contribution in [1.82, 2.24) is 0 Å². The topological polar surface area (TPSA) is 38.7 Å². The summed E-state index contributed by atoms with van der Waals surface area (Å²) >= 11 is 0. The number of halogens is 1. The summed E-state index contributed by atoms with van der Waals surface area (Å²) in [6, 6.07) is 8.43. The summed E-state index contributed by atoms with van der Waals surface area (Å²) in [6.07, 6.45) is -0.827. The number of ether oxygens (including phenoxy) is 2. The molecule has 0 heterocycles. The van der Waals surface area contributed by atoms with Gasteiger partial charge in [-0.1, -0.05) is 6.07 Å². The minimum atomic E-state index is -0.827. The Bertz CT molecular complexity index is 651. The quantitative estimate of drug-likeness (QED) is 0.912. The zero-order chi connectivity index (χ0) is 15.6. The maximum atomic E-state index is 13.7. The molecule has 0 aliphatic heterocycles. The van der Waals surface area contributed by atoms with E-state index in [-0.39, 0.29) is 5.82 Å². The van der Waals surface area contributed by atoms with Gasteiger partial charge in [-0.25, -0.2) is 4.39 Å². The lowest BCUT2D eigenvalue weighted by molar-refractivity contribution is 0.195. The summed E-state index contributed by atoms with van der Waals surface area (Å²) in [5.41, 5.74) is 1.91. The molecule has 2 rings (SSSR count). The summed E-state index contributed by atoms with van der Waals surface area (Å²) in [5, 5.41) is 9.79. The fraction of sp³-hybridized carbons (Fsp3) is 0.294. The van der Waals surface area contributed by atoms with Gasteiger partial charge in [-0.15, -0.1) is 0 Å². The fourth-order valence-electron chi connectivity index (χ4n) is 2.06. The van der Waals surface area contributed by atoms with Crippen LogP contribution in [0.25, 0.3) is 0 Å². The molecule has 2 aromatic rings. The lowest BCUT2D eigenvalue weighted by Gasteiger charge is -2.16.